The molecule has 2 amide bonds. The summed E-state index contributed by atoms with van der Waals surface area (Å²) >= 11 is 0. The molecular formula is C21H20F3N7O5. The van der Waals surface area contributed by atoms with E-state index in [-0.39, 0.29) is 46.9 Å². The van der Waals surface area contributed by atoms with Gasteiger partial charge >= 0.3 is 18.1 Å². The molecule has 12 nitrogen and oxygen atoms in total. The number of benzene rings is 1. The van der Waals surface area contributed by atoms with Crippen molar-refractivity contribution in [3.63, 3.8) is 0 Å². The van der Waals surface area contributed by atoms with Crippen LogP contribution in [-0.4, -0.2) is 55.0 Å². The van der Waals surface area contributed by atoms with Gasteiger partial charge in [-0.05, 0) is 37.6 Å². The summed E-state index contributed by atoms with van der Waals surface area (Å²) in [6.07, 6.45) is -4.13. The third kappa shape index (κ3) is 6.31. The van der Waals surface area contributed by atoms with Gasteiger partial charge in [-0.2, -0.15) is 18.2 Å². The SMILES string of the molecule is C[C@H](CCC(=O)O)NC(=O)c1ccc(N(Cc2cnc3nc(N)[nH]c(=O)c3n2)C(=O)C(F)(F)F)cc1. The summed E-state index contributed by atoms with van der Waals surface area (Å²) in [5.74, 6) is -4.01. The minimum Gasteiger partial charge on any atom is -0.481 e. The summed E-state index contributed by atoms with van der Waals surface area (Å²) in [6.45, 7) is 0.918. The molecule has 0 fully saturated rings. The lowest BCUT2D eigenvalue weighted by Crippen LogP contribution is -2.41. The Morgan fingerprint density at radius 2 is 1.86 bits per heavy atom. The standard InChI is InChI=1S/C21H20F3N7O5/c1-10(2-7-14(32)33)27-17(34)11-3-5-13(6-4-11)31(19(36)21(22,23)24)9-12-8-26-16-15(28-12)18(35)30-20(25)29-16/h3-6,8,10H,2,7,9H2,1H3,(H,27,34)(H,32,33)(H3,25,26,29,30,35)/t10-/m1/s1. The fourth-order valence-corrected chi connectivity index (χ4v) is 3.15. The van der Waals surface area contributed by atoms with Crippen LogP contribution in [0.1, 0.15) is 35.8 Å². The molecule has 3 rings (SSSR count). The Hall–Kier alpha value is -4.56. The number of carboxylic acid groups (broad SMARTS) is 1. The van der Waals surface area contributed by atoms with Crippen molar-refractivity contribution in [2.75, 3.05) is 10.6 Å². The van der Waals surface area contributed by atoms with Crippen LogP contribution in [0.5, 0.6) is 0 Å². The van der Waals surface area contributed by atoms with Crippen molar-refractivity contribution in [1.82, 2.24) is 25.3 Å². The molecule has 0 spiro atoms. The van der Waals surface area contributed by atoms with Crippen molar-refractivity contribution in [2.24, 2.45) is 0 Å². The normalized spacial score (nSPS) is 12.2. The monoisotopic (exact) mass is 507 g/mol. The molecule has 1 atom stereocenters. The van der Waals surface area contributed by atoms with E-state index >= 15 is 0 Å². The number of carboxylic acids is 1. The largest absolute Gasteiger partial charge is 0.481 e. The zero-order chi connectivity index (χ0) is 26.6. The number of hydrogen-bond acceptors (Lipinski definition) is 8. The number of alkyl halides is 3. The number of nitrogens with one attached hydrogen (secondary N) is 2. The molecule has 3 aromatic rings. The van der Waals surface area contributed by atoms with Crippen LogP contribution < -0.4 is 21.5 Å². The van der Waals surface area contributed by atoms with E-state index < -0.39 is 42.1 Å². The number of anilines is 2. The van der Waals surface area contributed by atoms with Crippen molar-refractivity contribution in [3.8, 4) is 0 Å². The van der Waals surface area contributed by atoms with Crippen LogP contribution >= 0.6 is 0 Å². The van der Waals surface area contributed by atoms with E-state index in [9.17, 15) is 32.3 Å². The van der Waals surface area contributed by atoms with Crippen LogP contribution in [0.2, 0.25) is 0 Å². The van der Waals surface area contributed by atoms with Crippen molar-refractivity contribution in [2.45, 2.75) is 38.5 Å². The molecule has 0 bridgehead atoms. The van der Waals surface area contributed by atoms with E-state index in [0.29, 0.717) is 4.90 Å². The molecule has 0 radical (unpaired) electrons. The number of hydrogen-bond donors (Lipinski definition) is 4. The van der Waals surface area contributed by atoms with E-state index in [1.807, 2.05) is 0 Å². The van der Waals surface area contributed by atoms with Gasteiger partial charge < -0.3 is 16.2 Å². The minimum absolute atomic E-state index is 0.0843. The first-order valence-electron chi connectivity index (χ1n) is 10.4. The molecule has 2 heterocycles. The molecule has 0 unspecified atom stereocenters. The van der Waals surface area contributed by atoms with Crippen molar-refractivity contribution in [1.29, 1.82) is 0 Å². The first-order valence-corrected chi connectivity index (χ1v) is 10.4. The van der Waals surface area contributed by atoms with Crippen LogP contribution in [-0.2, 0) is 16.1 Å². The molecule has 190 valence electrons. The molecular weight excluding hydrogens is 487 g/mol. The van der Waals surface area contributed by atoms with Crippen molar-refractivity contribution < 1.29 is 32.7 Å². The highest BCUT2D eigenvalue weighted by atomic mass is 19.4. The number of rotatable bonds is 8. The quantitative estimate of drug-likeness (QED) is 0.350. The first-order chi connectivity index (χ1) is 16.8. The van der Waals surface area contributed by atoms with Gasteiger partial charge in [0.05, 0.1) is 18.4 Å². The van der Waals surface area contributed by atoms with Crippen LogP contribution in [0.25, 0.3) is 11.2 Å². The number of nitrogens with zero attached hydrogens (tertiary/aromatic N) is 4. The van der Waals surface area contributed by atoms with E-state index in [0.717, 1.165) is 18.3 Å². The lowest BCUT2D eigenvalue weighted by atomic mass is 10.1. The fourth-order valence-electron chi connectivity index (χ4n) is 3.15. The van der Waals surface area contributed by atoms with Gasteiger partial charge in [0, 0.05) is 23.7 Å². The summed E-state index contributed by atoms with van der Waals surface area (Å²) < 4.78 is 40.0. The molecule has 1 aromatic carbocycles. The molecule has 0 aliphatic heterocycles. The number of fused-ring (bicyclic) bond motifs is 1. The van der Waals surface area contributed by atoms with Gasteiger partial charge in [-0.1, -0.05) is 0 Å². The summed E-state index contributed by atoms with van der Waals surface area (Å²) in [5.41, 5.74) is 4.03. The fraction of sp³-hybridized carbons (Fsp3) is 0.286. The van der Waals surface area contributed by atoms with Gasteiger partial charge in [-0.3, -0.25) is 29.1 Å². The zero-order valence-corrected chi connectivity index (χ0v) is 18.7. The third-order valence-corrected chi connectivity index (χ3v) is 4.90. The minimum atomic E-state index is -5.23. The van der Waals surface area contributed by atoms with Gasteiger partial charge in [0.2, 0.25) is 5.95 Å². The molecule has 15 heteroatoms. The molecule has 36 heavy (non-hydrogen) atoms. The third-order valence-electron chi connectivity index (χ3n) is 4.90. The maximum absolute atomic E-state index is 13.3. The van der Waals surface area contributed by atoms with Gasteiger partial charge in [0.15, 0.2) is 11.2 Å². The van der Waals surface area contributed by atoms with Gasteiger partial charge in [0.1, 0.15) is 0 Å². The number of carbonyl (C=O) groups is 3. The molecule has 0 aliphatic rings. The summed E-state index contributed by atoms with van der Waals surface area (Å²) in [6, 6.07) is 4.26. The Balaban J connectivity index is 1.86. The number of nitrogens with two attached hydrogens (primary N) is 1. The van der Waals surface area contributed by atoms with Crippen LogP contribution in [0.3, 0.4) is 0 Å². The Kier molecular flexibility index (Phi) is 7.50. The van der Waals surface area contributed by atoms with Crippen LogP contribution in [0, 0.1) is 0 Å². The zero-order valence-electron chi connectivity index (χ0n) is 18.7. The number of carbonyl (C=O) groups excluding carboxylic acids is 2. The number of halogens is 3. The predicted molar refractivity (Wildman–Crippen MR) is 120 cm³/mol. The van der Waals surface area contributed by atoms with E-state index in [1.54, 1.807) is 6.92 Å². The van der Waals surface area contributed by atoms with Crippen LogP contribution in [0.4, 0.5) is 24.8 Å². The predicted octanol–water partition coefficient (Wildman–Crippen LogP) is 1.37. The molecule has 0 aliphatic carbocycles. The molecule has 2 aromatic heterocycles. The maximum atomic E-state index is 13.3. The Morgan fingerprint density at radius 3 is 2.47 bits per heavy atom. The van der Waals surface area contributed by atoms with Gasteiger partial charge in [0.25, 0.3) is 11.5 Å². The average Bonchev–Trinajstić information content (AvgIpc) is 2.80. The molecule has 0 saturated heterocycles. The highest BCUT2D eigenvalue weighted by molar-refractivity contribution is 5.98. The summed E-state index contributed by atoms with van der Waals surface area (Å²) in [4.78, 5) is 61.4. The number of amides is 2. The maximum Gasteiger partial charge on any atom is 0.471 e. The number of aromatic nitrogens is 4. The highest BCUT2D eigenvalue weighted by Gasteiger charge is 2.43. The molecule has 0 saturated carbocycles. The van der Waals surface area contributed by atoms with Gasteiger partial charge in [-0.15, -0.1) is 0 Å². The second-order valence-corrected chi connectivity index (χ2v) is 7.73. The lowest BCUT2D eigenvalue weighted by molar-refractivity contribution is -0.170. The average molecular weight is 507 g/mol. The first kappa shape index (κ1) is 26.1. The van der Waals surface area contributed by atoms with Crippen LogP contribution in [0.15, 0.2) is 35.3 Å². The Bertz CT molecular complexity index is 1360. The summed E-state index contributed by atoms with van der Waals surface area (Å²) in [7, 11) is 0. The lowest BCUT2D eigenvalue weighted by Gasteiger charge is -2.24. The topological polar surface area (TPSA) is 184 Å². The number of nitrogen functional groups attached to an aromatic ring is 1. The highest BCUT2D eigenvalue weighted by Crippen LogP contribution is 2.26. The Morgan fingerprint density at radius 1 is 1.19 bits per heavy atom. The Labute approximate surface area is 200 Å². The van der Waals surface area contributed by atoms with Crippen molar-refractivity contribution in [3.05, 3.63) is 52.1 Å². The van der Waals surface area contributed by atoms with Gasteiger partial charge in [-0.25, -0.2) is 9.97 Å². The number of aliphatic carboxylic acids is 1. The second-order valence-electron chi connectivity index (χ2n) is 7.73. The van der Waals surface area contributed by atoms with E-state index in [4.69, 9.17) is 10.8 Å². The van der Waals surface area contributed by atoms with E-state index in [2.05, 4.69) is 25.3 Å². The molecule has 5 N–H and O–H groups in total. The van der Waals surface area contributed by atoms with E-state index in [1.165, 1.54) is 12.1 Å². The number of H-pyrrole nitrogens is 1. The smallest absolute Gasteiger partial charge is 0.471 e. The number of aromatic amines is 1. The second kappa shape index (κ2) is 10.4. The summed E-state index contributed by atoms with van der Waals surface area (Å²) in [5, 5.41) is 11.3. The van der Waals surface area contributed by atoms with Crippen molar-refractivity contribution >= 4 is 40.6 Å².